The number of nitrogens with one attached hydrogen (secondary N) is 3. The highest BCUT2D eigenvalue weighted by Gasteiger charge is 2.36. The molecule has 0 bridgehead atoms. The maximum absolute atomic E-state index is 12.5. The molecular weight excluding hydrogens is 350 g/mol. The van der Waals surface area contributed by atoms with Crippen molar-refractivity contribution in [2.45, 2.75) is 19.9 Å². The number of benzene rings is 1. The van der Waals surface area contributed by atoms with Crippen molar-refractivity contribution < 1.29 is 14.5 Å². The van der Waals surface area contributed by atoms with Crippen LogP contribution in [0.15, 0.2) is 18.2 Å². The van der Waals surface area contributed by atoms with Gasteiger partial charge < -0.3 is 20.9 Å². The minimum Gasteiger partial charge on any atom is -0.371 e. The maximum Gasteiger partial charge on any atom is 0.282 e. The van der Waals surface area contributed by atoms with Crippen LogP contribution in [-0.4, -0.2) is 55.5 Å². The molecule has 0 spiro atoms. The van der Waals surface area contributed by atoms with E-state index in [1.807, 2.05) is 13.8 Å². The zero-order valence-corrected chi connectivity index (χ0v) is 15.5. The highest BCUT2D eigenvalue weighted by Crippen LogP contribution is 2.32. The van der Waals surface area contributed by atoms with E-state index in [0.717, 1.165) is 31.9 Å². The van der Waals surface area contributed by atoms with Gasteiger partial charge in [0, 0.05) is 44.0 Å². The Morgan fingerprint density at radius 2 is 1.96 bits per heavy atom. The van der Waals surface area contributed by atoms with Crippen molar-refractivity contribution in [2.75, 3.05) is 37.6 Å². The summed E-state index contributed by atoms with van der Waals surface area (Å²) in [5.41, 5.74) is 0.512. The molecule has 1 aromatic rings. The molecule has 2 atom stereocenters. The Labute approximate surface area is 157 Å². The molecule has 2 aliphatic rings. The molecule has 2 saturated heterocycles. The number of hydrogen-bond acceptors (Lipinski definition) is 6. The predicted octanol–water partition coefficient (Wildman–Crippen LogP) is 0.505. The molecule has 3 rings (SSSR count). The third-order valence-electron chi connectivity index (χ3n) is 5.04. The predicted molar refractivity (Wildman–Crippen MR) is 101 cm³/mol. The summed E-state index contributed by atoms with van der Waals surface area (Å²) in [6.45, 7) is 7.10. The van der Waals surface area contributed by atoms with Gasteiger partial charge in [0.1, 0.15) is 5.56 Å². The van der Waals surface area contributed by atoms with Crippen molar-refractivity contribution in [3.05, 3.63) is 33.9 Å². The quantitative estimate of drug-likeness (QED) is 0.493. The Hall–Kier alpha value is -2.68. The molecular formula is C18H25N5O4. The lowest BCUT2D eigenvalue weighted by molar-refractivity contribution is -0.385. The van der Waals surface area contributed by atoms with E-state index in [1.165, 1.54) is 6.07 Å². The van der Waals surface area contributed by atoms with Crippen molar-refractivity contribution in [3.63, 3.8) is 0 Å². The number of carbonyl (C=O) groups excluding carboxylic acids is 2. The van der Waals surface area contributed by atoms with Crippen LogP contribution in [-0.2, 0) is 4.79 Å². The molecule has 2 fully saturated rings. The lowest BCUT2D eigenvalue weighted by Gasteiger charge is -2.20. The van der Waals surface area contributed by atoms with Crippen LogP contribution in [0.3, 0.4) is 0 Å². The van der Waals surface area contributed by atoms with Gasteiger partial charge in [-0.1, -0.05) is 0 Å². The first-order valence-electron chi connectivity index (χ1n) is 9.17. The van der Waals surface area contributed by atoms with E-state index in [1.54, 1.807) is 12.1 Å². The van der Waals surface area contributed by atoms with Gasteiger partial charge in [0.15, 0.2) is 0 Å². The molecule has 9 heteroatoms. The first-order valence-corrected chi connectivity index (χ1v) is 9.17. The maximum atomic E-state index is 12.5. The number of hydrogen-bond donors (Lipinski definition) is 3. The zero-order chi connectivity index (χ0) is 19.6. The van der Waals surface area contributed by atoms with Gasteiger partial charge in [0.25, 0.3) is 11.6 Å². The van der Waals surface area contributed by atoms with Crippen LogP contribution in [0.2, 0.25) is 0 Å². The first kappa shape index (κ1) is 19.1. The van der Waals surface area contributed by atoms with E-state index in [-0.39, 0.29) is 29.7 Å². The molecule has 0 aliphatic carbocycles. The summed E-state index contributed by atoms with van der Waals surface area (Å²) in [5.74, 6) is 0.176. The number of anilines is 1. The molecule has 3 N–H and O–H groups in total. The SMILES string of the molecule is CC(C)NC(=O)CNC(=O)c1cc(N2CC3CNCC3C2)ccc1[N+](=O)[O-]. The van der Waals surface area contributed by atoms with Gasteiger partial charge in [-0.05, 0) is 37.8 Å². The van der Waals surface area contributed by atoms with Crippen LogP contribution in [0.25, 0.3) is 0 Å². The standard InChI is InChI=1S/C18H25N5O4/c1-11(2)21-17(24)8-20-18(25)15-5-14(3-4-16(15)23(26)27)22-9-12-6-19-7-13(12)10-22/h3-5,11-13,19H,6-10H2,1-2H3,(H,20,25)(H,21,24). The number of nitro benzene ring substituents is 1. The summed E-state index contributed by atoms with van der Waals surface area (Å²) in [4.78, 5) is 37.1. The van der Waals surface area contributed by atoms with E-state index in [0.29, 0.717) is 11.8 Å². The van der Waals surface area contributed by atoms with Crippen LogP contribution in [0, 0.1) is 22.0 Å². The Kier molecular flexibility index (Phi) is 5.59. The Morgan fingerprint density at radius 3 is 2.56 bits per heavy atom. The van der Waals surface area contributed by atoms with Gasteiger partial charge in [-0.3, -0.25) is 19.7 Å². The Bertz CT molecular complexity index is 739. The largest absolute Gasteiger partial charge is 0.371 e. The van der Waals surface area contributed by atoms with E-state index in [2.05, 4.69) is 20.9 Å². The average molecular weight is 375 g/mol. The second-order valence-electron chi connectivity index (χ2n) is 7.45. The fraction of sp³-hybridized carbons (Fsp3) is 0.556. The van der Waals surface area contributed by atoms with Crippen LogP contribution < -0.4 is 20.9 Å². The number of rotatable bonds is 6. The van der Waals surface area contributed by atoms with Gasteiger partial charge in [-0.25, -0.2) is 0 Å². The topological polar surface area (TPSA) is 117 Å². The summed E-state index contributed by atoms with van der Waals surface area (Å²) in [6.07, 6.45) is 0. The van der Waals surface area contributed by atoms with E-state index < -0.39 is 10.8 Å². The molecule has 2 amide bonds. The van der Waals surface area contributed by atoms with E-state index in [9.17, 15) is 19.7 Å². The number of fused-ring (bicyclic) bond motifs is 1. The second-order valence-corrected chi connectivity index (χ2v) is 7.45. The van der Waals surface area contributed by atoms with Gasteiger partial charge in [-0.15, -0.1) is 0 Å². The van der Waals surface area contributed by atoms with Crippen molar-refractivity contribution in [3.8, 4) is 0 Å². The van der Waals surface area contributed by atoms with Crippen LogP contribution >= 0.6 is 0 Å². The summed E-state index contributed by atoms with van der Waals surface area (Å²) in [5, 5.41) is 19.8. The smallest absolute Gasteiger partial charge is 0.282 e. The van der Waals surface area contributed by atoms with E-state index in [4.69, 9.17) is 0 Å². The summed E-state index contributed by atoms with van der Waals surface area (Å²) >= 11 is 0. The summed E-state index contributed by atoms with van der Waals surface area (Å²) < 4.78 is 0. The lowest BCUT2D eigenvalue weighted by atomic mass is 10.0. The minimum atomic E-state index is -0.622. The molecule has 2 aliphatic heterocycles. The highest BCUT2D eigenvalue weighted by molar-refractivity contribution is 6.00. The molecule has 0 aromatic heterocycles. The van der Waals surface area contributed by atoms with Crippen LogP contribution in [0.1, 0.15) is 24.2 Å². The molecule has 2 unspecified atom stereocenters. The monoisotopic (exact) mass is 375 g/mol. The fourth-order valence-corrected chi connectivity index (χ4v) is 3.76. The van der Waals surface area contributed by atoms with E-state index >= 15 is 0 Å². The number of carbonyl (C=O) groups is 2. The van der Waals surface area contributed by atoms with Crippen molar-refractivity contribution in [2.24, 2.45) is 11.8 Å². The van der Waals surface area contributed by atoms with Crippen molar-refractivity contribution in [1.82, 2.24) is 16.0 Å². The molecule has 27 heavy (non-hydrogen) atoms. The number of nitro groups is 1. The molecule has 0 saturated carbocycles. The highest BCUT2D eigenvalue weighted by atomic mass is 16.6. The van der Waals surface area contributed by atoms with Gasteiger partial charge in [-0.2, -0.15) is 0 Å². The van der Waals surface area contributed by atoms with Crippen molar-refractivity contribution in [1.29, 1.82) is 0 Å². The first-order chi connectivity index (χ1) is 12.8. The molecule has 146 valence electrons. The molecule has 0 radical (unpaired) electrons. The van der Waals surface area contributed by atoms with Gasteiger partial charge >= 0.3 is 0 Å². The van der Waals surface area contributed by atoms with Crippen molar-refractivity contribution >= 4 is 23.2 Å². The normalized spacial score (nSPS) is 21.2. The molecule has 1 aromatic carbocycles. The number of nitrogens with zero attached hydrogens (tertiary/aromatic N) is 2. The van der Waals surface area contributed by atoms with Gasteiger partial charge in [0.2, 0.25) is 5.91 Å². The fourth-order valence-electron chi connectivity index (χ4n) is 3.76. The average Bonchev–Trinajstić information content (AvgIpc) is 3.20. The summed E-state index contributed by atoms with van der Waals surface area (Å²) in [6, 6.07) is 4.57. The van der Waals surface area contributed by atoms with Crippen LogP contribution in [0.5, 0.6) is 0 Å². The molecule has 2 heterocycles. The number of amides is 2. The lowest BCUT2D eigenvalue weighted by Crippen LogP contribution is -2.40. The Morgan fingerprint density at radius 1 is 1.30 bits per heavy atom. The summed E-state index contributed by atoms with van der Waals surface area (Å²) in [7, 11) is 0. The Balaban J connectivity index is 1.75. The zero-order valence-electron chi connectivity index (χ0n) is 15.5. The van der Waals surface area contributed by atoms with Crippen LogP contribution in [0.4, 0.5) is 11.4 Å². The third-order valence-corrected chi connectivity index (χ3v) is 5.04. The van der Waals surface area contributed by atoms with Gasteiger partial charge in [0.05, 0.1) is 11.5 Å². The minimum absolute atomic E-state index is 0.0231. The second kappa shape index (κ2) is 7.91. The third kappa shape index (κ3) is 4.36. The molecule has 9 nitrogen and oxygen atoms in total.